The number of β-amino-alcohol motifs (C(OH)–C–C–N with tert-alkyl or cyclic N) is 1. The summed E-state index contributed by atoms with van der Waals surface area (Å²) in [6.45, 7) is 4.17. The number of phenols is 1. The predicted octanol–water partition coefficient (Wildman–Crippen LogP) is 3.81. The summed E-state index contributed by atoms with van der Waals surface area (Å²) in [6, 6.07) is 13.1. The smallest absolute Gasteiger partial charge is 0.410 e. The monoisotopic (exact) mass is 683 g/mol. The number of carbonyl (C=O) groups excluding carboxylic acids is 3. The number of ether oxygens (including phenoxy) is 1. The normalized spacial score (nSPS) is 22.5. The lowest BCUT2D eigenvalue weighted by Gasteiger charge is -2.39. The van der Waals surface area contributed by atoms with Gasteiger partial charge in [-0.3, -0.25) is 9.69 Å². The van der Waals surface area contributed by atoms with E-state index in [0.29, 0.717) is 62.6 Å². The number of amides is 4. The van der Waals surface area contributed by atoms with Crippen LogP contribution in [0.5, 0.6) is 5.75 Å². The molecule has 11 nitrogen and oxygen atoms in total. The van der Waals surface area contributed by atoms with Crippen molar-refractivity contribution in [1.82, 2.24) is 19.6 Å². The van der Waals surface area contributed by atoms with E-state index in [1.165, 1.54) is 0 Å². The number of benzene rings is 2. The summed E-state index contributed by atoms with van der Waals surface area (Å²) in [7, 11) is 0. The second-order valence-electron chi connectivity index (χ2n) is 12.6. The van der Waals surface area contributed by atoms with Crippen molar-refractivity contribution in [2.75, 3.05) is 51.1 Å². The van der Waals surface area contributed by atoms with E-state index in [-0.39, 0.29) is 36.3 Å². The van der Waals surface area contributed by atoms with Crippen LogP contribution < -0.4 is 5.32 Å². The Bertz CT molecular complexity index is 1390. The van der Waals surface area contributed by atoms with Gasteiger partial charge in [-0.2, -0.15) is 0 Å². The molecule has 2 aromatic rings. The number of aliphatic hydroxyl groups is 1. The third-order valence-electron chi connectivity index (χ3n) is 9.74. The van der Waals surface area contributed by atoms with Gasteiger partial charge in [0.2, 0.25) is 0 Å². The van der Waals surface area contributed by atoms with Crippen LogP contribution in [-0.4, -0.2) is 118 Å². The molecule has 0 unspecified atom stereocenters. The topological polar surface area (TPSA) is 126 Å². The van der Waals surface area contributed by atoms with Crippen LogP contribution in [0.15, 0.2) is 46.9 Å². The molecule has 3 N–H and O–H groups in total. The Morgan fingerprint density at radius 3 is 2.36 bits per heavy atom. The largest absolute Gasteiger partial charge is 0.507 e. The zero-order valence-corrected chi connectivity index (χ0v) is 27.0. The predicted molar refractivity (Wildman–Crippen MR) is 172 cm³/mol. The second-order valence-corrected chi connectivity index (χ2v) is 13.5. The van der Waals surface area contributed by atoms with Crippen molar-refractivity contribution in [1.29, 1.82) is 0 Å². The van der Waals surface area contributed by atoms with Crippen molar-refractivity contribution in [3.05, 3.63) is 58.1 Å². The SMILES string of the molecule is O=C(O[C@H](Cc1ccc(O)c(Br)c1)C(=O)N1CCC(N2CC[C@@H](O)C2)CC1)N1CCC(N2CCc3ccccc3NC2=O)CC1. The minimum absolute atomic E-state index is 0.00755. The van der Waals surface area contributed by atoms with E-state index in [0.717, 1.165) is 49.0 Å². The molecule has 12 heteroatoms. The molecule has 4 aliphatic heterocycles. The van der Waals surface area contributed by atoms with Gasteiger partial charge < -0.3 is 35.0 Å². The highest BCUT2D eigenvalue weighted by Gasteiger charge is 2.37. The molecule has 0 spiro atoms. The molecule has 0 bridgehead atoms. The Kier molecular flexibility index (Phi) is 9.81. The van der Waals surface area contributed by atoms with Gasteiger partial charge in [-0.05, 0) is 83.8 Å². The zero-order valence-electron chi connectivity index (χ0n) is 25.4. The zero-order chi connectivity index (χ0) is 31.5. The van der Waals surface area contributed by atoms with Crippen molar-refractivity contribution < 1.29 is 29.3 Å². The summed E-state index contributed by atoms with van der Waals surface area (Å²) >= 11 is 3.35. The summed E-state index contributed by atoms with van der Waals surface area (Å²) in [5.74, 6) is -0.124. The number of fused-ring (bicyclic) bond motifs is 1. The first-order valence-electron chi connectivity index (χ1n) is 16.0. The number of hydrogen-bond acceptors (Lipinski definition) is 7. The fourth-order valence-electron chi connectivity index (χ4n) is 7.12. The number of nitrogens with zero attached hydrogens (tertiary/aromatic N) is 4. The number of nitrogens with one attached hydrogen (secondary N) is 1. The van der Waals surface area contributed by atoms with Gasteiger partial charge in [0, 0.05) is 70.0 Å². The number of piperidine rings is 2. The summed E-state index contributed by atoms with van der Waals surface area (Å²) in [4.78, 5) is 48.0. The number of hydrogen-bond donors (Lipinski definition) is 3. The molecule has 3 saturated heterocycles. The number of para-hydroxylation sites is 1. The van der Waals surface area contributed by atoms with Gasteiger partial charge in [0.1, 0.15) is 5.75 Å². The summed E-state index contributed by atoms with van der Waals surface area (Å²) in [5.41, 5.74) is 2.73. The molecule has 2 atom stereocenters. The van der Waals surface area contributed by atoms with Gasteiger partial charge in [-0.25, -0.2) is 9.59 Å². The number of anilines is 1. The van der Waals surface area contributed by atoms with Crippen LogP contribution in [-0.2, 0) is 22.4 Å². The number of urea groups is 1. The summed E-state index contributed by atoms with van der Waals surface area (Å²) in [5, 5.41) is 23.0. The minimum Gasteiger partial charge on any atom is -0.507 e. The van der Waals surface area contributed by atoms with Gasteiger partial charge in [-0.15, -0.1) is 0 Å². The lowest BCUT2D eigenvalue weighted by atomic mass is 10.0. The molecular formula is C33H42BrN5O6. The highest BCUT2D eigenvalue weighted by Crippen LogP contribution is 2.28. The molecule has 0 radical (unpaired) electrons. The number of aromatic hydroxyl groups is 1. The Balaban J connectivity index is 1.07. The van der Waals surface area contributed by atoms with Gasteiger partial charge >= 0.3 is 12.1 Å². The Morgan fingerprint density at radius 2 is 1.64 bits per heavy atom. The first kappa shape index (κ1) is 31.6. The van der Waals surface area contributed by atoms with E-state index >= 15 is 0 Å². The van der Waals surface area contributed by atoms with Crippen molar-refractivity contribution in [3.8, 4) is 5.75 Å². The molecule has 0 aliphatic carbocycles. The molecule has 4 amide bonds. The van der Waals surface area contributed by atoms with Gasteiger partial charge in [0.15, 0.2) is 6.10 Å². The first-order valence-corrected chi connectivity index (χ1v) is 16.8. The molecule has 242 valence electrons. The van der Waals surface area contributed by atoms with Gasteiger partial charge in [0.05, 0.1) is 10.6 Å². The van der Waals surface area contributed by atoms with E-state index < -0.39 is 12.2 Å². The van der Waals surface area contributed by atoms with Crippen molar-refractivity contribution >= 4 is 39.6 Å². The summed E-state index contributed by atoms with van der Waals surface area (Å²) in [6.07, 6.45) is 2.81. The molecule has 45 heavy (non-hydrogen) atoms. The number of likely N-dealkylation sites (tertiary alicyclic amines) is 3. The fraction of sp³-hybridized carbons (Fsp3) is 0.545. The number of halogens is 1. The maximum atomic E-state index is 13.8. The highest BCUT2D eigenvalue weighted by molar-refractivity contribution is 9.10. The second kappa shape index (κ2) is 14.0. The van der Waals surface area contributed by atoms with Crippen molar-refractivity contribution in [2.24, 2.45) is 0 Å². The highest BCUT2D eigenvalue weighted by atomic mass is 79.9. The van der Waals surface area contributed by atoms with Crippen LogP contribution in [0, 0.1) is 0 Å². The molecule has 0 saturated carbocycles. The molecule has 4 heterocycles. The Morgan fingerprint density at radius 1 is 0.933 bits per heavy atom. The van der Waals surface area contributed by atoms with Crippen molar-refractivity contribution in [3.63, 3.8) is 0 Å². The van der Waals surface area contributed by atoms with Gasteiger partial charge in [0.25, 0.3) is 5.91 Å². The van der Waals surface area contributed by atoms with E-state index in [2.05, 4.69) is 26.1 Å². The molecule has 2 aromatic carbocycles. The Labute approximate surface area is 272 Å². The van der Waals surface area contributed by atoms with Crippen LogP contribution in [0.1, 0.15) is 43.2 Å². The van der Waals surface area contributed by atoms with Crippen LogP contribution in [0.25, 0.3) is 0 Å². The third kappa shape index (κ3) is 7.39. The molecule has 4 aliphatic rings. The van der Waals surface area contributed by atoms with Crippen molar-refractivity contribution in [2.45, 2.75) is 69.2 Å². The quantitative estimate of drug-likeness (QED) is 0.423. The van der Waals surface area contributed by atoms with E-state index in [1.807, 2.05) is 29.2 Å². The van der Waals surface area contributed by atoms with Crippen LogP contribution in [0.2, 0.25) is 0 Å². The van der Waals surface area contributed by atoms with Crippen LogP contribution >= 0.6 is 15.9 Å². The van der Waals surface area contributed by atoms with Crippen LogP contribution in [0.3, 0.4) is 0 Å². The molecular weight excluding hydrogens is 642 g/mol. The Hall–Kier alpha value is -3.35. The maximum Gasteiger partial charge on any atom is 0.410 e. The third-order valence-corrected chi connectivity index (χ3v) is 10.4. The minimum atomic E-state index is -1.01. The standard InChI is InChI=1S/C33H42BrN5O6/c34-27-19-22(5-6-29(27)41)20-30(31(42)36-13-8-24(9-14-36)38-17-12-26(40)21-38)45-33(44)37-15-10-25(11-16-37)39-18-7-23-3-1-2-4-28(23)35-32(39)43/h1-6,19,24-26,30,40-41H,7-18,20-21H2,(H,35,43)/t26-,30-/m1/s1. The fourth-order valence-corrected chi connectivity index (χ4v) is 7.55. The number of aliphatic hydroxyl groups excluding tert-OH is 1. The average molecular weight is 685 g/mol. The average Bonchev–Trinajstić information content (AvgIpc) is 3.41. The summed E-state index contributed by atoms with van der Waals surface area (Å²) < 4.78 is 6.47. The van der Waals surface area contributed by atoms with Gasteiger partial charge in [-0.1, -0.05) is 24.3 Å². The molecule has 6 rings (SSSR count). The van der Waals surface area contributed by atoms with Crippen LogP contribution in [0.4, 0.5) is 15.3 Å². The van der Waals surface area contributed by atoms with E-state index in [1.54, 1.807) is 28.0 Å². The number of rotatable bonds is 6. The van der Waals surface area contributed by atoms with E-state index in [9.17, 15) is 24.6 Å². The lowest BCUT2D eigenvalue weighted by molar-refractivity contribution is -0.142. The molecule has 3 fully saturated rings. The molecule has 0 aromatic heterocycles. The first-order chi connectivity index (χ1) is 21.7. The maximum absolute atomic E-state index is 13.8. The lowest BCUT2D eigenvalue weighted by Crippen LogP contribution is -2.52. The number of phenolic OH excluding ortho intramolecular Hbond substituents is 1. The number of carbonyl (C=O) groups is 3. The van der Waals surface area contributed by atoms with E-state index in [4.69, 9.17) is 4.74 Å².